The molecule has 0 aliphatic rings. The monoisotopic (exact) mass is 415 g/mol. The highest BCUT2D eigenvalue weighted by Gasteiger charge is 2.22. The molecule has 2 aromatic carbocycles. The molecule has 3 aromatic heterocycles. The molecular formula is C22H18FN7O. The Morgan fingerprint density at radius 2 is 1.94 bits per heavy atom. The van der Waals surface area contributed by atoms with Crippen molar-refractivity contribution in [3.8, 4) is 5.69 Å². The molecular weight excluding hydrogens is 397 g/mol. The maximum absolute atomic E-state index is 14.5. The standard InChI is InChI=1S/C22H18FN7O/c1-2-15(28-20-18-19(25-11-24-18)26-12-27-20)21-29-16-10-6-9-14(23)17(16)22(31)30(21)13-7-4-3-5-8-13/h3-12,15H,2H2,1H3,(H2,24,25,26,27,28). The summed E-state index contributed by atoms with van der Waals surface area (Å²) in [6.45, 7) is 1.97. The van der Waals surface area contributed by atoms with E-state index in [4.69, 9.17) is 4.98 Å². The number of aromatic nitrogens is 6. The first-order valence-electron chi connectivity index (χ1n) is 9.84. The maximum atomic E-state index is 14.5. The fourth-order valence-electron chi connectivity index (χ4n) is 3.66. The van der Waals surface area contributed by atoms with Crippen LogP contribution in [-0.4, -0.2) is 29.5 Å². The van der Waals surface area contributed by atoms with Gasteiger partial charge in [0, 0.05) is 0 Å². The summed E-state index contributed by atoms with van der Waals surface area (Å²) in [7, 11) is 0. The molecule has 5 aromatic rings. The predicted molar refractivity (Wildman–Crippen MR) is 116 cm³/mol. The van der Waals surface area contributed by atoms with Crippen LogP contribution in [0.3, 0.4) is 0 Å². The Morgan fingerprint density at radius 1 is 1.10 bits per heavy atom. The minimum absolute atomic E-state index is 0.0389. The van der Waals surface area contributed by atoms with Gasteiger partial charge in [0.1, 0.15) is 28.9 Å². The Balaban J connectivity index is 1.74. The molecule has 2 N–H and O–H groups in total. The van der Waals surface area contributed by atoms with Gasteiger partial charge in [-0.3, -0.25) is 9.36 Å². The van der Waals surface area contributed by atoms with Gasteiger partial charge >= 0.3 is 0 Å². The summed E-state index contributed by atoms with van der Waals surface area (Å²) in [5.74, 6) is 0.410. The maximum Gasteiger partial charge on any atom is 0.269 e. The van der Waals surface area contributed by atoms with Crippen molar-refractivity contribution < 1.29 is 4.39 Å². The Kier molecular flexibility index (Phi) is 4.62. The third-order valence-electron chi connectivity index (χ3n) is 5.14. The topological polar surface area (TPSA) is 101 Å². The van der Waals surface area contributed by atoms with Crippen LogP contribution in [-0.2, 0) is 0 Å². The molecule has 0 radical (unpaired) electrons. The fourth-order valence-corrected chi connectivity index (χ4v) is 3.66. The minimum Gasteiger partial charge on any atom is -0.358 e. The molecule has 154 valence electrons. The molecule has 0 bridgehead atoms. The number of H-pyrrole nitrogens is 1. The average Bonchev–Trinajstić information content (AvgIpc) is 3.27. The molecule has 0 aliphatic carbocycles. The van der Waals surface area contributed by atoms with E-state index in [1.54, 1.807) is 30.6 Å². The van der Waals surface area contributed by atoms with Crippen LogP contribution in [0.25, 0.3) is 27.8 Å². The van der Waals surface area contributed by atoms with E-state index in [-0.39, 0.29) is 11.4 Å². The second-order valence-corrected chi connectivity index (χ2v) is 7.01. The smallest absolute Gasteiger partial charge is 0.269 e. The van der Waals surface area contributed by atoms with Crippen molar-refractivity contribution in [1.82, 2.24) is 29.5 Å². The molecule has 1 unspecified atom stereocenters. The number of imidazole rings is 1. The number of fused-ring (bicyclic) bond motifs is 2. The van der Waals surface area contributed by atoms with Crippen molar-refractivity contribution >= 4 is 27.9 Å². The SMILES string of the molecule is CCC(Nc1ncnc2nc[nH]c12)c1nc2cccc(F)c2c(=O)n1-c1ccccc1. The number of nitrogens with zero attached hydrogens (tertiary/aromatic N) is 5. The molecule has 0 saturated heterocycles. The highest BCUT2D eigenvalue weighted by molar-refractivity contribution is 5.82. The van der Waals surface area contributed by atoms with Crippen molar-refractivity contribution in [3.63, 3.8) is 0 Å². The van der Waals surface area contributed by atoms with Crippen LogP contribution in [0.1, 0.15) is 25.2 Å². The van der Waals surface area contributed by atoms with Gasteiger partial charge < -0.3 is 10.3 Å². The van der Waals surface area contributed by atoms with E-state index in [0.29, 0.717) is 40.4 Å². The highest BCUT2D eigenvalue weighted by atomic mass is 19.1. The number of nitrogens with one attached hydrogen (secondary N) is 2. The van der Waals surface area contributed by atoms with E-state index in [0.717, 1.165) is 0 Å². The summed E-state index contributed by atoms with van der Waals surface area (Å²) in [4.78, 5) is 33.8. The summed E-state index contributed by atoms with van der Waals surface area (Å²) in [5, 5.41) is 3.31. The van der Waals surface area contributed by atoms with Gasteiger partial charge in [0.15, 0.2) is 11.5 Å². The lowest BCUT2D eigenvalue weighted by molar-refractivity contribution is 0.630. The zero-order chi connectivity index (χ0) is 21.4. The number of rotatable bonds is 5. The Hall–Kier alpha value is -4.14. The lowest BCUT2D eigenvalue weighted by Crippen LogP contribution is -2.28. The van der Waals surface area contributed by atoms with Gasteiger partial charge in [-0.05, 0) is 30.7 Å². The van der Waals surface area contributed by atoms with E-state index in [1.165, 1.54) is 17.0 Å². The molecule has 0 saturated carbocycles. The van der Waals surface area contributed by atoms with E-state index in [9.17, 15) is 9.18 Å². The second-order valence-electron chi connectivity index (χ2n) is 7.01. The quantitative estimate of drug-likeness (QED) is 0.453. The predicted octanol–water partition coefficient (Wildman–Crippen LogP) is 3.75. The van der Waals surface area contributed by atoms with Gasteiger partial charge in [0.25, 0.3) is 5.56 Å². The Morgan fingerprint density at radius 3 is 2.74 bits per heavy atom. The Labute approximate surface area is 175 Å². The first-order chi connectivity index (χ1) is 15.2. The summed E-state index contributed by atoms with van der Waals surface area (Å²) in [6, 6.07) is 13.2. The van der Waals surface area contributed by atoms with Crippen LogP contribution in [0.15, 0.2) is 66.0 Å². The molecule has 1 atom stereocenters. The minimum atomic E-state index is -0.595. The van der Waals surface area contributed by atoms with Crippen LogP contribution in [0.2, 0.25) is 0 Å². The van der Waals surface area contributed by atoms with Gasteiger partial charge in [-0.25, -0.2) is 24.3 Å². The summed E-state index contributed by atoms with van der Waals surface area (Å²) in [5.41, 5.74) is 1.64. The zero-order valence-electron chi connectivity index (χ0n) is 16.6. The molecule has 0 fully saturated rings. The van der Waals surface area contributed by atoms with Gasteiger partial charge in [0.05, 0.1) is 23.6 Å². The third kappa shape index (κ3) is 3.20. The third-order valence-corrected chi connectivity index (χ3v) is 5.14. The number of benzene rings is 2. The average molecular weight is 415 g/mol. The van der Waals surface area contributed by atoms with Crippen LogP contribution in [0.4, 0.5) is 10.2 Å². The molecule has 9 heteroatoms. The molecule has 31 heavy (non-hydrogen) atoms. The summed E-state index contributed by atoms with van der Waals surface area (Å²) >= 11 is 0. The largest absolute Gasteiger partial charge is 0.358 e. The number of halogens is 1. The van der Waals surface area contributed by atoms with Crippen LogP contribution < -0.4 is 10.9 Å². The normalized spacial score (nSPS) is 12.3. The van der Waals surface area contributed by atoms with Gasteiger partial charge in [-0.1, -0.05) is 31.2 Å². The van der Waals surface area contributed by atoms with Crippen molar-refractivity contribution in [1.29, 1.82) is 0 Å². The van der Waals surface area contributed by atoms with Gasteiger partial charge in [0.2, 0.25) is 0 Å². The van der Waals surface area contributed by atoms with Gasteiger partial charge in [-0.2, -0.15) is 0 Å². The van der Waals surface area contributed by atoms with E-state index in [1.807, 2.05) is 25.1 Å². The number of hydrogen-bond acceptors (Lipinski definition) is 6. The zero-order valence-corrected chi connectivity index (χ0v) is 16.6. The highest BCUT2D eigenvalue weighted by Crippen LogP contribution is 2.26. The second kappa shape index (κ2) is 7.60. The van der Waals surface area contributed by atoms with Crippen LogP contribution in [0, 0.1) is 5.82 Å². The number of aromatic amines is 1. The van der Waals surface area contributed by atoms with Crippen molar-refractivity contribution in [2.75, 3.05) is 5.32 Å². The first-order valence-corrected chi connectivity index (χ1v) is 9.84. The number of hydrogen-bond donors (Lipinski definition) is 2. The lowest BCUT2D eigenvalue weighted by atomic mass is 10.1. The van der Waals surface area contributed by atoms with Crippen LogP contribution in [0.5, 0.6) is 0 Å². The van der Waals surface area contributed by atoms with E-state index in [2.05, 4.69) is 25.3 Å². The molecule has 8 nitrogen and oxygen atoms in total. The fraction of sp³-hybridized carbons (Fsp3) is 0.136. The van der Waals surface area contributed by atoms with Crippen molar-refractivity contribution in [2.24, 2.45) is 0 Å². The summed E-state index contributed by atoms with van der Waals surface area (Å²) < 4.78 is 16.0. The van der Waals surface area contributed by atoms with Crippen molar-refractivity contribution in [2.45, 2.75) is 19.4 Å². The van der Waals surface area contributed by atoms with E-state index < -0.39 is 11.4 Å². The molecule has 0 aliphatic heterocycles. The van der Waals surface area contributed by atoms with Gasteiger partial charge in [-0.15, -0.1) is 0 Å². The molecule has 0 spiro atoms. The number of anilines is 1. The summed E-state index contributed by atoms with van der Waals surface area (Å²) in [6.07, 6.45) is 3.56. The molecule has 5 rings (SSSR count). The lowest BCUT2D eigenvalue weighted by Gasteiger charge is -2.22. The molecule has 3 heterocycles. The Bertz CT molecular complexity index is 1450. The van der Waals surface area contributed by atoms with E-state index >= 15 is 0 Å². The molecule has 0 amide bonds. The van der Waals surface area contributed by atoms with Crippen molar-refractivity contribution in [3.05, 3.63) is 83.2 Å². The number of para-hydroxylation sites is 1. The first kappa shape index (κ1) is 18.9. The van der Waals surface area contributed by atoms with Crippen LogP contribution >= 0.6 is 0 Å².